The summed E-state index contributed by atoms with van der Waals surface area (Å²) in [5.74, 6) is 0.892. The van der Waals surface area contributed by atoms with Gasteiger partial charge in [0, 0.05) is 0 Å². The van der Waals surface area contributed by atoms with Crippen LogP contribution in [0.4, 0.5) is 0 Å². The highest BCUT2D eigenvalue weighted by molar-refractivity contribution is 7.18. The number of hydrogen-bond donors (Lipinski definition) is 0. The minimum atomic E-state index is 0.420. The van der Waals surface area contributed by atoms with Crippen LogP contribution >= 0.6 is 9.24 Å². The Morgan fingerprint density at radius 2 is 1.23 bits per heavy atom. The van der Waals surface area contributed by atoms with E-state index in [9.17, 15) is 0 Å². The summed E-state index contributed by atoms with van der Waals surface area (Å²) in [7, 11) is 3.03. The van der Waals surface area contributed by atoms with E-state index in [2.05, 4.69) is 85.5 Å². The molecule has 2 aromatic carbocycles. The van der Waals surface area contributed by atoms with Crippen LogP contribution in [0.25, 0.3) is 11.1 Å². The molecule has 0 saturated carbocycles. The number of unbranched alkanes of at least 4 members (excludes halogenated alkanes) is 3. The van der Waals surface area contributed by atoms with E-state index in [1.54, 1.807) is 0 Å². The standard InChI is InChI=1S/C29H45P/c1-5-24(3)12-8-7-9-13-25-15-19-27(20-16-25)28-21-17-26(18-22-28)14-10-11-23-29(4,30)6-2/h15-22,24H,5-14,23,30H2,1-4H3. The first-order valence-corrected chi connectivity index (χ1v) is 13.0. The first-order chi connectivity index (χ1) is 14.4. The highest BCUT2D eigenvalue weighted by Gasteiger charge is 2.14. The van der Waals surface area contributed by atoms with Crippen LogP contribution < -0.4 is 0 Å². The van der Waals surface area contributed by atoms with Gasteiger partial charge in [0.1, 0.15) is 0 Å². The van der Waals surface area contributed by atoms with Crippen molar-refractivity contribution < 1.29 is 0 Å². The van der Waals surface area contributed by atoms with E-state index >= 15 is 0 Å². The number of rotatable bonds is 14. The monoisotopic (exact) mass is 424 g/mol. The molecule has 0 aromatic heterocycles. The molecular weight excluding hydrogens is 379 g/mol. The lowest BCUT2D eigenvalue weighted by atomic mass is 9.96. The van der Waals surface area contributed by atoms with E-state index in [1.807, 2.05) is 0 Å². The minimum absolute atomic E-state index is 0.420. The molecule has 0 heterocycles. The number of aryl methyl sites for hydroxylation is 2. The maximum Gasteiger partial charge on any atom is -0.0181 e. The van der Waals surface area contributed by atoms with Crippen LogP contribution in [0, 0.1) is 5.92 Å². The molecule has 0 aliphatic rings. The van der Waals surface area contributed by atoms with Gasteiger partial charge in [-0.1, -0.05) is 108 Å². The molecule has 0 aliphatic heterocycles. The number of hydrogen-bond acceptors (Lipinski definition) is 0. The summed E-state index contributed by atoms with van der Waals surface area (Å²) in [5, 5.41) is 0.420. The third-order valence-corrected chi connectivity index (χ3v) is 7.57. The van der Waals surface area contributed by atoms with Crippen molar-refractivity contribution in [1.29, 1.82) is 0 Å². The van der Waals surface area contributed by atoms with Crippen LogP contribution in [-0.2, 0) is 12.8 Å². The second kappa shape index (κ2) is 13.3. The molecule has 1 heteroatoms. The lowest BCUT2D eigenvalue weighted by Gasteiger charge is -2.21. The molecule has 0 bridgehead atoms. The lowest BCUT2D eigenvalue weighted by Crippen LogP contribution is -2.13. The third kappa shape index (κ3) is 9.34. The SMILES string of the molecule is CCC(C)CCCCCc1ccc(-c2ccc(CCCCC(C)(P)CC)cc2)cc1. The molecule has 0 spiro atoms. The summed E-state index contributed by atoms with van der Waals surface area (Å²) in [4.78, 5) is 0. The molecule has 30 heavy (non-hydrogen) atoms. The van der Waals surface area contributed by atoms with Crippen molar-refractivity contribution in [3.05, 3.63) is 59.7 Å². The van der Waals surface area contributed by atoms with Gasteiger partial charge in [-0.05, 0) is 71.9 Å². The Kier molecular flexibility index (Phi) is 11.2. The summed E-state index contributed by atoms with van der Waals surface area (Å²) in [6.07, 6.45) is 14.3. The summed E-state index contributed by atoms with van der Waals surface area (Å²) < 4.78 is 0. The molecule has 0 amide bonds. The summed E-state index contributed by atoms with van der Waals surface area (Å²) >= 11 is 0. The average molecular weight is 425 g/mol. The zero-order chi connectivity index (χ0) is 21.8. The highest BCUT2D eigenvalue weighted by Crippen LogP contribution is 2.28. The molecule has 0 fully saturated rings. The highest BCUT2D eigenvalue weighted by atomic mass is 31.0. The Bertz CT molecular complexity index is 696. The quantitative estimate of drug-likeness (QED) is 0.209. The smallest absolute Gasteiger partial charge is 0.0181 e. The lowest BCUT2D eigenvalue weighted by molar-refractivity contribution is 0.478. The fourth-order valence-electron chi connectivity index (χ4n) is 3.97. The van der Waals surface area contributed by atoms with E-state index < -0.39 is 0 Å². The zero-order valence-corrected chi connectivity index (χ0v) is 21.2. The normalized spacial score (nSPS) is 14.4. The zero-order valence-electron chi connectivity index (χ0n) is 20.1. The summed E-state index contributed by atoms with van der Waals surface area (Å²) in [5.41, 5.74) is 5.62. The molecule has 0 radical (unpaired) electrons. The van der Waals surface area contributed by atoms with Crippen molar-refractivity contribution in [2.24, 2.45) is 5.92 Å². The van der Waals surface area contributed by atoms with E-state index in [-0.39, 0.29) is 0 Å². The molecule has 2 aromatic rings. The van der Waals surface area contributed by atoms with Crippen molar-refractivity contribution in [2.75, 3.05) is 0 Å². The van der Waals surface area contributed by atoms with Gasteiger partial charge in [0.2, 0.25) is 0 Å². The predicted octanol–water partition coefficient (Wildman–Crippen LogP) is 9.26. The Balaban J connectivity index is 1.74. The fraction of sp³-hybridized carbons (Fsp3) is 0.586. The van der Waals surface area contributed by atoms with Gasteiger partial charge in [0.15, 0.2) is 0 Å². The van der Waals surface area contributed by atoms with Crippen LogP contribution in [0.15, 0.2) is 48.5 Å². The average Bonchev–Trinajstić information content (AvgIpc) is 2.77. The Morgan fingerprint density at radius 1 is 0.733 bits per heavy atom. The fourth-order valence-corrected chi connectivity index (χ4v) is 4.17. The number of benzene rings is 2. The molecule has 0 nitrogen and oxygen atoms in total. The second-order valence-corrected chi connectivity index (χ2v) is 11.1. The predicted molar refractivity (Wildman–Crippen MR) is 139 cm³/mol. The first-order valence-electron chi connectivity index (χ1n) is 12.4. The largest absolute Gasteiger partial charge is 0.131 e. The summed E-state index contributed by atoms with van der Waals surface area (Å²) in [6, 6.07) is 18.5. The third-order valence-electron chi connectivity index (χ3n) is 6.87. The summed E-state index contributed by atoms with van der Waals surface area (Å²) in [6.45, 7) is 9.31. The molecule has 0 N–H and O–H groups in total. The minimum Gasteiger partial charge on any atom is -0.131 e. The van der Waals surface area contributed by atoms with Crippen LogP contribution in [0.1, 0.15) is 96.6 Å². The molecule has 3 unspecified atom stereocenters. The van der Waals surface area contributed by atoms with Gasteiger partial charge < -0.3 is 0 Å². The molecule has 0 aliphatic carbocycles. The van der Waals surface area contributed by atoms with Gasteiger partial charge in [-0.25, -0.2) is 0 Å². The Morgan fingerprint density at radius 3 is 1.70 bits per heavy atom. The Hall–Kier alpha value is -1.13. The molecule has 3 atom stereocenters. The molecule has 166 valence electrons. The topological polar surface area (TPSA) is 0 Å². The van der Waals surface area contributed by atoms with Gasteiger partial charge in [0.05, 0.1) is 0 Å². The maximum atomic E-state index is 3.03. The van der Waals surface area contributed by atoms with Crippen molar-refractivity contribution in [1.82, 2.24) is 0 Å². The molecule has 2 rings (SSSR count). The van der Waals surface area contributed by atoms with Crippen molar-refractivity contribution in [3.63, 3.8) is 0 Å². The van der Waals surface area contributed by atoms with Gasteiger partial charge in [0.25, 0.3) is 0 Å². The first kappa shape index (κ1) is 25.1. The van der Waals surface area contributed by atoms with Crippen molar-refractivity contribution in [2.45, 2.75) is 103 Å². The van der Waals surface area contributed by atoms with Crippen LogP contribution in [0.3, 0.4) is 0 Å². The van der Waals surface area contributed by atoms with Crippen LogP contribution in [-0.4, -0.2) is 5.16 Å². The Labute approximate surface area is 189 Å². The molecule has 0 saturated heterocycles. The second-order valence-electron chi connectivity index (χ2n) is 9.72. The van der Waals surface area contributed by atoms with Crippen molar-refractivity contribution in [3.8, 4) is 11.1 Å². The van der Waals surface area contributed by atoms with Gasteiger partial charge in [-0.15, -0.1) is 9.24 Å². The van der Waals surface area contributed by atoms with E-state index in [0.29, 0.717) is 5.16 Å². The van der Waals surface area contributed by atoms with Gasteiger partial charge in [-0.2, -0.15) is 0 Å². The van der Waals surface area contributed by atoms with Gasteiger partial charge in [-0.3, -0.25) is 0 Å². The van der Waals surface area contributed by atoms with E-state index in [0.717, 1.165) is 5.92 Å². The van der Waals surface area contributed by atoms with Crippen LogP contribution in [0.2, 0.25) is 0 Å². The van der Waals surface area contributed by atoms with Crippen molar-refractivity contribution >= 4 is 9.24 Å². The maximum absolute atomic E-state index is 3.03. The van der Waals surface area contributed by atoms with Crippen LogP contribution in [0.5, 0.6) is 0 Å². The van der Waals surface area contributed by atoms with Gasteiger partial charge >= 0.3 is 0 Å². The van der Waals surface area contributed by atoms with E-state index in [4.69, 9.17) is 0 Å². The molecular formula is C29H45P. The van der Waals surface area contributed by atoms with E-state index in [1.165, 1.54) is 92.9 Å².